The van der Waals surface area contributed by atoms with E-state index in [1.54, 1.807) is 0 Å². The van der Waals surface area contributed by atoms with E-state index in [4.69, 9.17) is 5.11 Å². The molecule has 1 heterocycles. The van der Waals surface area contributed by atoms with Gasteiger partial charge in [-0.1, -0.05) is 0 Å². The first-order valence-electron chi connectivity index (χ1n) is 3.20. The summed E-state index contributed by atoms with van der Waals surface area (Å²) in [7, 11) is 0. The molecule has 1 rings (SSSR count). The molecule has 0 amide bonds. The predicted octanol–water partition coefficient (Wildman–Crippen LogP) is 0.541. The van der Waals surface area contributed by atoms with Crippen molar-refractivity contribution in [1.82, 2.24) is 5.32 Å². The Bertz CT molecular complexity index is 79.5. The van der Waals surface area contributed by atoms with Crippen LogP contribution in [0, 0.1) is 0 Å². The van der Waals surface area contributed by atoms with E-state index in [1.807, 2.05) is 0 Å². The van der Waals surface area contributed by atoms with Crippen molar-refractivity contribution in [3.63, 3.8) is 0 Å². The maximum Gasteiger partial charge on any atom is 0.0584 e. The first kappa shape index (κ1) is 9.21. The molecule has 0 aliphatic carbocycles. The lowest BCUT2D eigenvalue weighted by Crippen LogP contribution is -2.29. The largest absolute Gasteiger partial charge is 0.395 e. The molecule has 0 unspecified atom stereocenters. The highest BCUT2D eigenvalue weighted by molar-refractivity contribution is 5.85. The van der Waals surface area contributed by atoms with Crippen LogP contribution in [0.4, 0.5) is 0 Å². The zero-order valence-corrected chi connectivity index (χ0v) is 6.45. The number of nitrogens with one attached hydrogen (secondary N) is 1. The molecule has 3 heteroatoms. The molecule has 2 atom stereocenters. The van der Waals surface area contributed by atoms with Crippen LogP contribution < -0.4 is 5.32 Å². The van der Waals surface area contributed by atoms with Gasteiger partial charge in [0.1, 0.15) is 0 Å². The third kappa shape index (κ3) is 2.52. The van der Waals surface area contributed by atoms with Crippen molar-refractivity contribution in [1.29, 1.82) is 0 Å². The molecule has 56 valence electrons. The van der Waals surface area contributed by atoms with E-state index in [0.29, 0.717) is 18.7 Å². The van der Waals surface area contributed by atoms with Gasteiger partial charge in [0.25, 0.3) is 0 Å². The molecule has 0 radical (unpaired) electrons. The van der Waals surface area contributed by atoms with Crippen LogP contribution in [0.15, 0.2) is 0 Å². The molecule has 0 spiro atoms. The summed E-state index contributed by atoms with van der Waals surface area (Å²) in [6.07, 6.45) is 2.35. The van der Waals surface area contributed by atoms with E-state index in [0.717, 1.165) is 6.42 Å². The first-order valence-corrected chi connectivity index (χ1v) is 3.20. The molecule has 0 bridgehead atoms. The molecule has 0 aromatic heterocycles. The van der Waals surface area contributed by atoms with E-state index in [-0.39, 0.29) is 12.4 Å². The van der Waals surface area contributed by atoms with Crippen LogP contribution in [-0.4, -0.2) is 23.8 Å². The third-order valence-corrected chi connectivity index (χ3v) is 1.69. The molecule has 1 saturated heterocycles. The van der Waals surface area contributed by atoms with Crippen molar-refractivity contribution in [2.45, 2.75) is 31.8 Å². The van der Waals surface area contributed by atoms with Crippen molar-refractivity contribution in [3.8, 4) is 0 Å². The third-order valence-electron chi connectivity index (χ3n) is 1.69. The summed E-state index contributed by atoms with van der Waals surface area (Å²) in [6, 6.07) is 0.997. The molecule has 0 saturated carbocycles. The van der Waals surface area contributed by atoms with Gasteiger partial charge in [-0.25, -0.2) is 0 Å². The summed E-state index contributed by atoms with van der Waals surface area (Å²) in [6.45, 7) is 2.44. The topological polar surface area (TPSA) is 32.3 Å². The highest BCUT2D eigenvalue weighted by atomic mass is 35.5. The van der Waals surface area contributed by atoms with E-state index < -0.39 is 0 Å². The average Bonchev–Trinajstić information content (AvgIpc) is 2.14. The average molecular weight is 152 g/mol. The van der Waals surface area contributed by atoms with Crippen LogP contribution >= 0.6 is 12.4 Å². The lowest BCUT2D eigenvalue weighted by atomic mass is 10.2. The molecular formula is C6H14ClNO. The quantitative estimate of drug-likeness (QED) is 0.574. The minimum atomic E-state index is 0. The Morgan fingerprint density at radius 3 is 2.44 bits per heavy atom. The Kier molecular flexibility index (Phi) is 4.19. The second-order valence-electron chi connectivity index (χ2n) is 2.52. The molecule has 1 aliphatic heterocycles. The van der Waals surface area contributed by atoms with E-state index in [9.17, 15) is 0 Å². The van der Waals surface area contributed by atoms with E-state index >= 15 is 0 Å². The van der Waals surface area contributed by atoms with E-state index in [1.165, 1.54) is 6.42 Å². The second kappa shape index (κ2) is 4.09. The van der Waals surface area contributed by atoms with Gasteiger partial charge >= 0.3 is 0 Å². The maximum absolute atomic E-state index is 8.62. The zero-order chi connectivity index (χ0) is 5.98. The molecule has 0 aromatic rings. The molecule has 1 fully saturated rings. The zero-order valence-electron chi connectivity index (χ0n) is 5.63. The molecule has 1 aliphatic rings. The molecular weight excluding hydrogens is 138 g/mol. The lowest BCUT2D eigenvalue weighted by molar-refractivity contribution is 0.252. The summed E-state index contributed by atoms with van der Waals surface area (Å²) in [5.74, 6) is 0. The van der Waals surface area contributed by atoms with Crippen molar-refractivity contribution in [2.75, 3.05) is 6.61 Å². The monoisotopic (exact) mass is 151 g/mol. The molecule has 0 aromatic carbocycles. The van der Waals surface area contributed by atoms with Crippen LogP contribution in [0.2, 0.25) is 0 Å². The number of hydrogen-bond donors (Lipinski definition) is 2. The van der Waals surface area contributed by atoms with Gasteiger partial charge < -0.3 is 10.4 Å². The van der Waals surface area contributed by atoms with Crippen LogP contribution in [0.5, 0.6) is 0 Å². The smallest absolute Gasteiger partial charge is 0.0584 e. The standard InChI is InChI=1S/C6H13NO.ClH/c1-5-2-3-6(4-8)7-5;/h5-8H,2-4H2,1H3;1H/t5-,6-;/m1./s1. The fourth-order valence-electron chi connectivity index (χ4n) is 1.16. The van der Waals surface area contributed by atoms with E-state index in [2.05, 4.69) is 12.2 Å². The highest BCUT2D eigenvalue weighted by Crippen LogP contribution is 2.09. The number of aliphatic hydroxyl groups is 1. The van der Waals surface area contributed by atoms with Crippen molar-refractivity contribution < 1.29 is 5.11 Å². The van der Waals surface area contributed by atoms with Crippen molar-refractivity contribution in [2.24, 2.45) is 0 Å². The molecule has 2 N–H and O–H groups in total. The molecule has 9 heavy (non-hydrogen) atoms. The first-order chi connectivity index (χ1) is 3.83. The Morgan fingerprint density at radius 2 is 2.22 bits per heavy atom. The highest BCUT2D eigenvalue weighted by Gasteiger charge is 2.18. The van der Waals surface area contributed by atoms with Gasteiger partial charge in [0, 0.05) is 12.1 Å². The summed E-state index contributed by atoms with van der Waals surface area (Å²) in [5.41, 5.74) is 0. The Labute approximate surface area is 62.1 Å². The SMILES string of the molecule is C[C@@H]1CC[C@H](CO)N1.Cl. The normalized spacial score (nSPS) is 34.0. The van der Waals surface area contributed by atoms with Crippen LogP contribution in [0.25, 0.3) is 0 Å². The van der Waals surface area contributed by atoms with Crippen LogP contribution in [-0.2, 0) is 0 Å². The minimum absolute atomic E-state index is 0. The van der Waals surface area contributed by atoms with Crippen LogP contribution in [0.1, 0.15) is 19.8 Å². The van der Waals surface area contributed by atoms with Gasteiger partial charge in [0.2, 0.25) is 0 Å². The Morgan fingerprint density at radius 1 is 1.56 bits per heavy atom. The maximum atomic E-state index is 8.62. The molecule has 2 nitrogen and oxygen atoms in total. The predicted molar refractivity (Wildman–Crippen MR) is 40.0 cm³/mol. The summed E-state index contributed by atoms with van der Waals surface area (Å²) in [5, 5.41) is 11.9. The second-order valence-corrected chi connectivity index (χ2v) is 2.52. The van der Waals surface area contributed by atoms with Gasteiger partial charge in [0.05, 0.1) is 6.61 Å². The Hall–Kier alpha value is 0.210. The number of rotatable bonds is 1. The van der Waals surface area contributed by atoms with Gasteiger partial charge in [-0.05, 0) is 19.8 Å². The fourth-order valence-corrected chi connectivity index (χ4v) is 1.16. The number of aliphatic hydroxyl groups excluding tert-OH is 1. The van der Waals surface area contributed by atoms with Crippen molar-refractivity contribution in [3.05, 3.63) is 0 Å². The Balaban J connectivity index is 0.000000640. The number of halogens is 1. The van der Waals surface area contributed by atoms with Crippen LogP contribution in [0.3, 0.4) is 0 Å². The van der Waals surface area contributed by atoms with Gasteiger partial charge in [-0.3, -0.25) is 0 Å². The number of hydrogen-bond acceptors (Lipinski definition) is 2. The summed E-state index contributed by atoms with van der Waals surface area (Å²) >= 11 is 0. The van der Waals surface area contributed by atoms with Crippen molar-refractivity contribution >= 4 is 12.4 Å². The minimum Gasteiger partial charge on any atom is -0.395 e. The van der Waals surface area contributed by atoms with Gasteiger partial charge in [-0.15, -0.1) is 12.4 Å². The van der Waals surface area contributed by atoms with Gasteiger partial charge in [0.15, 0.2) is 0 Å². The summed E-state index contributed by atoms with van der Waals surface area (Å²) < 4.78 is 0. The lowest BCUT2D eigenvalue weighted by Gasteiger charge is -2.05. The van der Waals surface area contributed by atoms with Gasteiger partial charge in [-0.2, -0.15) is 0 Å². The summed E-state index contributed by atoms with van der Waals surface area (Å²) in [4.78, 5) is 0. The fraction of sp³-hybridized carbons (Fsp3) is 1.00.